The third kappa shape index (κ3) is 4.79. The number of hydrogen-bond acceptors (Lipinski definition) is 4. The number of rotatable bonds is 5. The summed E-state index contributed by atoms with van der Waals surface area (Å²) in [4.78, 5) is 19.1. The van der Waals surface area contributed by atoms with Gasteiger partial charge in [-0.2, -0.15) is 13.2 Å². The lowest BCUT2D eigenvalue weighted by Gasteiger charge is -2.07. The maximum atomic E-state index is 11.8. The summed E-state index contributed by atoms with van der Waals surface area (Å²) < 4.78 is 39.8. The Morgan fingerprint density at radius 3 is 2.61 bits per heavy atom. The zero-order valence-electron chi connectivity index (χ0n) is 10.0. The molecule has 18 heavy (non-hydrogen) atoms. The monoisotopic (exact) mass is 262 g/mol. The number of carbonyl (C=O) groups excluding carboxylic acids is 1. The van der Waals surface area contributed by atoms with E-state index in [9.17, 15) is 18.0 Å². The minimum atomic E-state index is -4.32. The second-order valence-electron chi connectivity index (χ2n) is 3.76. The number of carbonyl (C=O) groups is 1. The molecule has 0 radical (unpaired) electrons. The van der Waals surface area contributed by atoms with Crippen LogP contribution in [0.5, 0.6) is 0 Å². The molecule has 0 unspecified atom stereocenters. The van der Waals surface area contributed by atoms with Crippen LogP contribution in [0.15, 0.2) is 6.20 Å². The van der Waals surface area contributed by atoms with Crippen LogP contribution >= 0.6 is 0 Å². The Morgan fingerprint density at radius 2 is 2.11 bits per heavy atom. The fourth-order valence-electron chi connectivity index (χ4n) is 1.33. The van der Waals surface area contributed by atoms with Crippen LogP contribution in [0.1, 0.15) is 28.8 Å². The summed E-state index contributed by atoms with van der Waals surface area (Å²) >= 11 is 0. The van der Waals surface area contributed by atoms with Crippen LogP contribution in [0.2, 0.25) is 0 Å². The number of ether oxygens (including phenoxy) is 1. The summed E-state index contributed by atoms with van der Waals surface area (Å²) in [7, 11) is 0. The topological polar surface area (TPSA) is 52.1 Å². The van der Waals surface area contributed by atoms with E-state index in [1.807, 2.05) is 0 Å². The lowest BCUT2D eigenvalue weighted by molar-refractivity contribution is -0.173. The van der Waals surface area contributed by atoms with Gasteiger partial charge in [0.25, 0.3) is 0 Å². The van der Waals surface area contributed by atoms with Gasteiger partial charge in [-0.3, -0.25) is 4.79 Å². The standard InChI is InChI=1S/C11H13F3N2O2/c1-7-9(8(2)17)5-15-10(16-7)3-4-18-6-11(12,13)14/h5H,3-4,6H2,1-2H3. The molecule has 0 bridgehead atoms. The second-order valence-corrected chi connectivity index (χ2v) is 3.76. The van der Waals surface area contributed by atoms with Crippen molar-refractivity contribution in [3.63, 3.8) is 0 Å². The van der Waals surface area contributed by atoms with Crippen LogP contribution in [0.25, 0.3) is 0 Å². The van der Waals surface area contributed by atoms with Crippen molar-refractivity contribution in [2.45, 2.75) is 26.4 Å². The van der Waals surface area contributed by atoms with Gasteiger partial charge in [-0.25, -0.2) is 9.97 Å². The molecule has 1 heterocycles. The summed E-state index contributed by atoms with van der Waals surface area (Å²) in [5.41, 5.74) is 0.929. The number of halogens is 3. The lowest BCUT2D eigenvalue weighted by atomic mass is 10.2. The van der Waals surface area contributed by atoms with Crippen molar-refractivity contribution in [3.05, 3.63) is 23.3 Å². The van der Waals surface area contributed by atoms with E-state index in [1.54, 1.807) is 6.92 Å². The molecule has 1 rings (SSSR count). The average molecular weight is 262 g/mol. The maximum absolute atomic E-state index is 11.8. The number of ketones is 1. The van der Waals surface area contributed by atoms with Crippen LogP contribution in [-0.4, -0.2) is 35.1 Å². The fourth-order valence-corrected chi connectivity index (χ4v) is 1.33. The fraction of sp³-hybridized carbons (Fsp3) is 0.545. The molecule has 0 amide bonds. The highest BCUT2D eigenvalue weighted by Gasteiger charge is 2.27. The molecular formula is C11H13F3N2O2. The molecule has 4 nitrogen and oxygen atoms in total. The minimum Gasteiger partial charge on any atom is -0.372 e. The van der Waals surface area contributed by atoms with Crippen molar-refractivity contribution in [2.24, 2.45) is 0 Å². The van der Waals surface area contributed by atoms with E-state index in [1.165, 1.54) is 13.1 Å². The van der Waals surface area contributed by atoms with Crippen molar-refractivity contribution >= 4 is 5.78 Å². The van der Waals surface area contributed by atoms with E-state index in [-0.39, 0.29) is 18.8 Å². The third-order valence-electron chi connectivity index (χ3n) is 2.14. The number of hydrogen-bond donors (Lipinski definition) is 0. The Bertz CT molecular complexity index is 433. The van der Waals surface area contributed by atoms with Crippen LogP contribution in [0.4, 0.5) is 13.2 Å². The summed E-state index contributed by atoms with van der Waals surface area (Å²) in [6, 6.07) is 0. The molecule has 0 aliphatic carbocycles. The minimum absolute atomic E-state index is 0.113. The van der Waals surface area contributed by atoms with Gasteiger partial charge in [-0.1, -0.05) is 0 Å². The van der Waals surface area contributed by atoms with Crippen molar-refractivity contribution in [3.8, 4) is 0 Å². The molecule has 0 fully saturated rings. The molecule has 0 aromatic carbocycles. The average Bonchev–Trinajstić information content (AvgIpc) is 2.22. The molecule has 0 saturated carbocycles. The first-order valence-electron chi connectivity index (χ1n) is 5.27. The molecule has 0 aliphatic rings. The van der Waals surface area contributed by atoms with E-state index in [2.05, 4.69) is 14.7 Å². The summed E-state index contributed by atoms with van der Waals surface area (Å²) in [5, 5.41) is 0. The highest BCUT2D eigenvalue weighted by atomic mass is 19.4. The van der Waals surface area contributed by atoms with Gasteiger partial charge in [0.15, 0.2) is 5.78 Å². The number of aryl methyl sites for hydroxylation is 1. The molecule has 1 aromatic heterocycles. The van der Waals surface area contributed by atoms with E-state index >= 15 is 0 Å². The smallest absolute Gasteiger partial charge is 0.372 e. The van der Waals surface area contributed by atoms with E-state index in [4.69, 9.17) is 0 Å². The number of alkyl halides is 3. The Morgan fingerprint density at radius 1 is 1.44 bits per heavy atom. The van der Waals surface area contributed by atoms with Gasteiger partial charge >= 0.3 is 6.18 Å². The van der Waals surface area contributed by atoms with E-state index < -0.39 is 12.8 Å². The zero-order chi connectivity index (χ0) is 13.8. The maximum Gasteiger partial charge on any atom is 0.411 e. The van der Waals surface area contributed by atoms with Gasteiger partial charge in [0.05, 0.1) is 17.9 Å². The molecular weight excluding hydrogens is 249 g/mol. The predicted molar refractivity (Wildman–Crippen MR) is 57.4 cm³/mol. The van der Waals surface area contributed by atoms with E-state index in [0.717, 1.165) is 0 Å². The Labute approximate surface area is 102 Å². The summed E-state index contributed by atoms with van der Waals surface area (Å²) in [6.45, 7) is 1.66. The highest BCUT2D eigenvalue weighted by molar-refractivity contribution is 5.94. The summed E-state index contributed by atoms with van der Waals surface area (Å²) in [6.07, 6.45) is -2.77. The third-order valence-corrected chi connectivity index (χ3v) is 2.14. The molecule has 100 valence electrons. The van der Waals surface area contributed by atoms with E-state index in [0.29, 0.717) is 17.1 Å². The Kier molecular flexibility index (Phi) is 4.77. The molecule has 7 heteroatoms. The van der Waals surface area contributed by atoms with Crippen LogP contribution < -0.4 is 0 Å². The SMILES string of the molecule is CC(=O)c1cnc(CCOCC(F)(F)F)nc1C. The first kappa shape index (κ1) is 14.6. The largest absolute Gasteiger partial charge is 0.411 e. The number of aromatic nitrogens is 2. The van der Waals surface area contributed by atoms with Crippen molar-refractivity contribution in [2.75, 3.05) is 13.2 Å². The van der Waals surface area contributed by atoms with Gasteiger partial charge in [0.1, 0.15) is 12.4 Å². The zero-order valence-corrected chi connectivity index (χ0v) is 10.0. The van der Waals surface area contributed by atoms with Crippen molar-refractivity contribution in [1.82, 2.24) is 9.97 Å². The van der Waals surface area contributed by atoms with Gasteiger partial charge in [-0.15, -0.1) is 0 Å². The van der Waals surface area contributed by atoms with Gasteiger partial charge in [-0.05, 0) is 13.8 Å². The molecule has 0 N–H and O–H groups in total. The second kappa shape index (κ2) is 5.90. The number of nitrogens with zero attached hydrogens (tertiary/aromatic N) is 2. The molecule has 0 atom stereocenters. The van der Waals surface area contributed by atoms with Crippen LogP contribution in [0, 0.1) is 6.92 Å². The Balaban J connectivity index is 2.49. The van der Waals surface area contributed by atoms with Crippen molar-refractivity contribution < 1.29 is 22.7 Å². The number of Topliss-reactive ketones (excluding diaryl/α,β-unsaturated/α-hetero) is 1. The van der Waals surface area contributed by atoms with Crippen LogP contribution in [0.3, 0.4) is 0 Å². The predicted octanol–water partition coefficient (Wildman–Crippen LogP) is 2.11. The summed E-state index contributed by atoms with van der Waals surface area (Å²) in [5.74, 6) is 0.215. The highest BCUT2D eigenvalue weighted by Crippen LogP contribution is 2.14. The van der Waals surface area contributed by atoms with Crippen molar-refractivity contribution in [1.29, 1.82) is 0 Å². The quantitative estimate of drug-likeness (QED) is 0.602. The normalized spacial score (nSPS) is 11.6. The van der Waals surface area contributed by atoms with Gasteiger partial charge in [0, 0.05) is 12.6 Å². The molecule has 1 aromatic rings. The Hall–Kier alpha value is -1.50. The first-order valence-corrected chi connectivity index (χ1v) is 5.27. The lowest BCUT2D eigenvalue weighted by Crippen LogP contribution is -2.18. The van der Waals surface area contributed by atoms with Crippen LogP contribution in [-0.2, 0) is 11.2 Å². The van der Waals surface area contributed by atoms with Gasteiger partial charge in [0.2, 0.25) is 0 Å². The first-order chi connectivity index (χ1) is 8.29. The molecule has 0 aliphatic heterocycles. The molecule has 0 spiro atoms. The van der Waals surface area contributed by atoms with Gasteiger partial charge < -0.3 is 4.74 Å². The molecule has 0 saturated heterocycles.